The van der Waals surface area contributed by atoms with E-state index in [1.54, 1.807) is 25.2 Å². The van der Waals surface area contributed by atoms with E-state index in [1.807, 2.05) is 26.0 Å². The summed E-state index contributed by atoms with van der Waals surface area (Å²) < 4.78 is 25.2. The number of ether oxygens (including phenoxy) is 4. The van der Waals surface area contributed by atoms with Crippen molar-refractivity contribution < 1.29 is 44.2 Å². The van der Waals surface area contributed by atoms with Gasteiger partial charge >= 0.3 is 5.97 Å². The first kappa shape index (κ1) is 30.6. The number of hydrogen-bond donors (Lipinski definition) is 4. The summed E-state index contributed by atoms with van der Waals surface area (Å²) in [5.41, 5.74) is 0.0552. The predicted molar refractivity (Wildman–Crippen MR) is 150 cm³/mol. The highest BCUT2D eigenvalue weighted by Gasteiger charge is 2.60. The van der Waals surface area contributed by atoms with E-state index in [1.165, 1.54) is 0 Å². The van der Waals surface area contributed by atoms with Crippen LogP contribution in [0.15, 0.2) is 47.1 Å². The molecule has 11 atom stereocenters. The Morgan fingerprint density at radius 2 is 1.85 bits per heavy atom. The van der Waals surface area contributed by atoms with Crippen LogP contribution >= 0.6 is 0 Å². The Kier molecular flexibility index (Phi) is 8.98. The second-order valence-corrected chi connectivity index (χ2v) is 12.8. The number of rotatable bonds is 2. The average molecular weight is 575 g/mol. The Morgan fingerprint density at radius 1 is 1.07 bits per heavy atom. The first-order valence-electron chi connectivity index (χ1n) is 15.1. The SMILES string of the molecule is CC1=C[C@H]2C(=O)O[C@H]3C[C@@H](C/C=C(\C)[C@H](O)[C@@H](C)/C=C/C=C4\CO[C@H]([C@H]1O)[C@@]42O)O[C@@]1(CC[C@H](C)[C@@H](CCO)O1)C3. The molecule has 4 heterocycles. The molecule has 0 saturated carbocycles. The highest BCUT2D eigenvalue weighted by Crippen LogP contribution is 2.47. The summed E-state index contributed by atoms with van der Waals surface area (Å²) in [6.07, 6.45) is 8.37. The second kappa shape index (κ2) is 12.0. The maximum atomic E-state index is 13.9. The second-order valence-electron chi connectivity index (χ2n) is 12.8. The van der Waals surface area contributed by atoms with Crippen molar-refractivity contribution in [2.75, 3.05) is 13.2 Å². The van der Waals surface area contributed by atoms with Crippen LogP contribution in [0.5, 0.6) is 0 Å². The molecule has 0 aromatic carbocycles. The molecule has 0 radical (unpaired) electrons. The number of hydrogen-bond acceptors (Lipinski definition) is 9. The van der Waals surface area contributed by atoms with Gasteiger partial charge in [0.1, 0.15) is 29.8 Å². The summed E-state index contributed by atoms with van der Waals surface area (Å²) >= 11 is 0. The van der Waals surface area contributed by atoms with Gasteiger partial charge in [-0.2, -0.15) is 0 Å². The van der Waals surface area contributed by atoms with Crippen LogP contribution in [0.3, 0.4) is 0 Å². The third-order valence-corrected chi connectivity index (χ3v) is 9.78. The molecule has 0 amide bonds. The van der Waals surface area contributed by atoms with E-state index < -0.39 is 47.7 Å². The topological polar surface area (TPSA) is 135 Å². The lowest BCUT2D eigenvalue weighted by atomic mass is 9.71. The van der Waals surface area contributed by atoms with Gasteiger partial charge in [-0.25, -0.2) is 0 Å². The third-order valence-electron chi connectivity index (χ3n) is 9.78. The van der Waals surface area contributed by atoms with Crippen LogP contribution in [-0.2, 0) is 23.7 Å². The number of aliphatic hydroxyl groups excluding tert-OH is 3. The van der Waals surface area contributed by atoms with Gasteiger partial charge in [0.25, 0.3) is 0 Å². The van der Waals surface area contributed by atoms with Crippen LogP contribution in [0.2, 0.25) is 0 Å². The fourth-order valence-electron chi connectivity index (χ4n) is 7.16. The van der Waals surface area contributed by atoms with E-state index in [4.69, 9.17) is 18.9 Å². The molecule has 0 aromatic rings. The van der Waals surface area contributed by atoms with Gasteiger partial charge in [0.15, 0.2) is 5.79 Å². The molecule has 41 heavy (non-hydrogen) atoms. The van der Waals surface area contributed by atoms with Crippen molar-refractivity contribution in [3.63, 3.8) is 0 Å². The normalized spacial score (nSPS) is 48.7. The number of aliphatic hydroxyl groups is 4. The zero-order valence-electron chi connectivity index (χ0n) is 24.6. The molecule has 0 unspecified atom stereocenters. The van der Waals surface area contributed by atoms with Gasteiger partial charge in [0, 0.05) is 31.8 Å². The molecular formula is C32H46O9. The summed E-state index contributed by atoms with van der Waals surface area (Å²) in [6.45, 7) is 7.71. The number of fused-ring (bicyclic) bond motifs is 2. The Balaban J connectivity index is 1.52. The Hall–Kier alpha value is -1.85. The van der Waals surface area contributed by atoms with Crippen molar-refractivity contribution >= 4 is 5.97 Å². The summed E-state index contributed by atoms with van der Waals surface area (Å²) in [5, 5.41) is 43.5. The molecule has 0 aromatic heterocycles. The highest BCUT2D eigenvalue weighted by atomic mass is 16.7. The lowest BCUT2D eigenvalue weighted by Gasteiger charge is -2.50. The zero-order chi connectivity index (χ0) is 29.5. The van der Waals surface area contributed by atoms with Gasteiger partial charge < -0.3 is 39.4 Å². The zero-order valence-corrected chi connectivity index (χ0v) is 24.6. The molecule has 9 nitrogen and oxygen atoms in total. The number of carbonyl (C=O) groups is 1. The number of esters is 1. The number of carbonyl (C=O) groups excluding carboxylic acids is 1. The highest BCUT2D eigenvalue weighted by molar-refractivity contribution is 5.78. The molecule has 2 bridgehead atoms. The molecule has 9 heteroatoms. The van der Waals surface area contributed by atoms with Gasteiger partial charge in [-0.05, 0) is 55.7 Å². The molecule has 5 rings (SSSR count). The molecule has 4 aliphatic heterocycles. The Bertz CT molecular complexity index is 1110. The molecule has 228 valence electrons. The maximum absolute atomic E-state index is 13.9. The molecule has 1 aliphatic carbocycles. The van der Waals surface area contributed by atoms with Crippen molar-refractivity contribution in [2.24, 2.45) is 17.8 Å². The van der Waals surface area contributed by atoms with Gasteiger partial charge in [-0.1, -0.05) is 44.2 Å². The Morgan fingerprint density at radius 3 is 2.61 bits per heavy atom. The van der Waals surface area contributed by atoms with E-state index in [-0.39, 0.29) is 37.3 Å². The lowest BCUT2D eigenvalue weighted by molar-refractivity contribution is -0.336. The van der Waals surface area contributed by atoms with Crippen molar-refractivity contribution in [2.45, 2.75) is 114 Å². The lowest BCUT2D eigenvalue weighted by Crippen LogP contribution is -2.58. The van der Waals surface area contributed by atoms with E-state index in [0.717, 1.165) is 12.0 Å². The summed E-state index contributed by atoms with van der Waals surface area (Å²) in [6, 6.07) is 0. The largest absolute Gasteiger partial charge is 0.462 e. The van der Waals surface area contributed by atoms with E-state index in [2.05, 4.69) is 6.92 Å². The Labute approximate surface area is 242 Å². The standard InChI is InChI=1S/C32H46O9/c1-18-10-12-31(41-26(18)11-13-33)16-24-15-23(40-31)9-8-20(3)27(34)19(2)6-5-7-22-17-38-29-28(35)21(4)14-25(30(36)39-24)32(22,29)37/h5-8,14,18-19,23-29,33-35,37H,9-13,15-17H2,1-4H3/b6-5+,20-8+,22-7+/t18-,19-,23+,24-,25-,26+,27+,28-,29+,31+,32+/m0/s1. The first-order chi connectivity index (χ1) is 19.5. The molecular weight excluding hydrogens is 528 g/mol. The van der Waals surface area contributed by atoms with Crippen LogP contribution in [0.4, 0.5) is 0 Å². The van der Waals surface area contributed by atoms with Gasteiger partial charge in [-0.15, -0.1) is 0 Å². The predicted octanol–water partition coefficient (Wildman–Crippen LogP) is 2.87. The molecule has 3 fully saturated rings. The quantitative estimate of drug-likeness (QED) is 0.290. The van der Waals surface area contributed by atoms with Crippen molar-refractivity contribution in [1.82, 2.24) is 0 Å². The van der Waals surface area contributed by atoms with Crippen LogP contribution in [-0.4, -0.2) is 87.6 Å². The van der Waals surface area contributed by atoms with E-state index in [0.29, 0.717) is 43.3 Å². The summed E-state index contributed by atoms with van der Waals surface area (Å²) in [5.74, 6) is -2.56. The smallest absolute Gasteiger partial charge is 0.316 e. The van der Waals surface area contributed by atoms with E-state index >= 15 is 0 Å². The average Bonchev–Trinajstić information content (AvgIpc) is 3.27. The van der Waals surface area contributed by atoms with Gasteiger partial charge in [0.05, 0.1) is 24.9 Å². The van der Waals surface area contributed by atoms with Crippen molar-refractivity contribution in [1.29, 1.82) is 0 Å². The molecule has 1 spiro atoms. The minimum absolute atomic E-state index is 0.0102. The maximum Gasteiger partial charge on any atom is 0.316 e. The molecule has 5 aliphatic rings. The molecule has 4 N–H and O–H groups in total. The van der Waals surface area contributed by atoms with Crippen LogP contribution in [0, 0.1) is 17.8 Å². The van der Waals surface area contributed by atoms with Crippen LogP contribution in [0.1, 0.15) is 66.2 Å². The van der Waals surface area contributed by atoms with Gasteiger partial charge in [-0.3, -0.25) is 4.79 Å². The minimum atomic E-state index is -1.78. The third kappa shape index (κ3) is 5.87. The summed E-state index contributed by atoms with van der Waals surface area (Å²) in [4.78, 5) is 13.9. The monoisotopic (exact) mass is 574 g/mol. The van der Waals surface area contributed by atoms with Crippen molar-refractivity contribution in [3.8, 4) is 0 Å². The van der Waals surface area contributed by atoms with E-state index in [9.17, 15) is 25.2 Å². The van der Waals surface area contributed by atoms with Crippen LogP contribution < -0.4 is 0 Å². The van der Waals surface area contributed by atoms with Crippen molar-refractivity contribution in [3.05, 3.63) is 47.1 Å². The summed E-state index contributed by atoms with van der Waals surface area (Å²) in [7, 11) is 0. The van der Waals surface area contributed by atoms with Gasteiger partial charge in [0.2, 0.25) is 0 Å². The first-order valence-corrected chi connectivity index (χ1v) is 15.1. The molecule has 3 saturated heterocycles. The fourth-order valence-corrected chi connectivity index (χ4v) is 7.16. The minimum Gasteiger partial charge on any atom is -0.462 e. The number of allylic oxidation sites excluding steroid dienone is 2. The fraction of sp³-hybridized carbons (Fsp3) is 0.719. The van der Waals surface area contributed by atoms with Crippen LogP contribution in [0.25, 0.3) is 0 Å².